The van der Waals surface area contributed by atoms with Crippen LogP contribution in [-0.4, -0.2) is 29.4 Å². The van der Waals surface area contributed by atoms with Crippen LogP contribution in [-0.2, 0) is 0 Å². The predicted molar refractivity (Wildman–Crippen MR) is 138 cm³/mol. The van der Waals surface area contributed by atoms with Gasteiger partial charge in [0.25, 0.3) is 5.56 Å². The largest absolute Gasteiger partial charge is 0.493 e. The molecule has 0 unspecified atom stereocenters. The normalized spacial score (nSPS) is 15.1. The zero-order chi connectivity index (χ0) is 24.5. The lowest BCUT2D eigenvalue weighted by molar-refractivity contribution is 0.174. The molecule has 0 spiro atoms. The van der Waals surface area contributed by atoms with E-state index < -0.39 is 0 Å². The molecule has 1 saturated carbocycles. The van der Waals surface area contributed by atoms with E-state index in [9.17, 15) is 4.79 Å². The zero-order valence-electron chi connectivity index (χ0n) is 20.0. The number of fused-ring (bicyclic) bond motifs is 2. The smallest absolute Gasteiger partial charge is 0.266 e. The van der Waals surface area contributed by atoms with Gasteiger partial charge in [-0.25, -0.2) is 4.98 Å². The number of ether oxygens (including phenoxy) is 4. The zero-order valence-corrected chi connectivity index (χ0v) is 20.0. The molecule has 3 heterocycles. The molecule has 6 rings (SSSR count). The van der Waals surface area contributed by atoms with E-state index in [1.807, 2.05) is 66.7 Å². The fourth-order valence-corrected chi connectivity index (χ4v) is 4.84. The molecule has 0 amide bonds. The first kappa shape index (κ1) is 22.2. The predicted octanol–water partition coefficient (Wildman–Crippen LogP) is 5.59. The molecule has 1 aliphatic carbocycles. The Labute approximate surface area is 208 Å². The highest BCUT2D eigenvalue weighted by molar-refractivity contribution is 5.82. The third kappa shape index (κ3) is 4.06. The van der Waals surface area contributed by atoms with Gasteiger partial charge in [-0.2, -0.15) is 0 Å². The standard InChI is InChI=1S/C29H26N2O5/c1-33-24-10-6-7-19(28(24)36-21-8-2-3-9-21)12-14-22-27(20-13-15-23-25(17-20)35-18-34-23)29(32)31-16-5-4-11-26(31)30-22/h4-7,10-17,21H,2-3,8-9,18H2,1H3/b14-12+. The molecule has 7 heteroatoms. The van der Waals surface area contributed by atoms with Crippen molar-refractivity contribution in [2.75, 3.05) is 13.9 Å². The Morgan fingerprint density at radius 3 is 2.72 bits per heavy atom. The molecule has 0 atom stereocenters. The van der Waals surface area contributed by atoms with Crippen molar-refractivity contribution in [1.29, 1.82) is 0 Å². The number of hydrogen-bond donors (Lipinski definition) is 0. The molecule has 0 bridgehead atoms. The average Bonchev–Trinajstić information content (AvgIpc) is 3.60. The SMILES string of the molecule is COc1cccc(/C=C/c2nc3ccccn3c(=O)c2-c2ccc3c(c2)OCO3)c1OC1CCCC1. The highest BCUT2D eigenvalue weighted by Crippen LogP contribution is 2.38. The van der Waals surface area contributed by atoms with Crippen LogP contribution < -0.4 is 24.5 Å². The topological polar surface area (TPSA) is 71.3 Å². The van der Waals surface area contributed by atoms with Crippen molar-refractivity contribution >= 4 is 17.8 Å². The molecule has 0 N–H and O–H groups in total. The Bertz CT molecular complexity index is 1520. The Balaban J connectivity index is 1.47. The molecule has 36 heavy (non-hydrogen) atoms. The van der Waals surface area contributed by atoms with Crippen LogP contribution in [0.3, 0.4) is 0 Å². The molecule has 2 aromatic heterocycles. The second-order valence-electron chi connectivity index (χ2n) is 8.91. The van der Waals surface area contributed by atoms with Crippen molar-refractivity contribution < 1.29 is 18.9 Å². The Hall–Kier alpha value is -4.26. The van der Waals surface area contributed by atoms with Gasteiger partial charge in [0.05, 0.1) is 24.5 Å². The van der Waals surface area contributed by atoms with Gasteiger partial charge >= 0.3 is 0 Å². The third-order valence-corrected chi connectivity index (χ3v) is 6.66. The minimum atomic E-state index is -0.160. The summed E-state index contributed by atoms with van der Waals surface area (Å²) in [6.07, 6.45) is 10.1. The molecular weight excluding hydrogens is 456 g/mol. The van der Waals surface area contributed by atoms with E-state index in [2.05, 4.69) is 0 Å². The van der Waals surface area contributed by atoms with Gasteiger partial charge in [-0.05, 0) is 73.7 Å². The van der Waals surface area contributed by atoms with E-state index in [0.29, 0.717) is 45.5 Å². The third-order valence-electron chi connectivity index (χ3n) is 6.66. The van der Waals surface area contributed by atoms with Crippen molar-refractivity contribution in [3.63, 3.8) is 0 Å². The summed E-state index contributed by atoms with van der Waals surface area (Å²) in [5.41, 5.74) is 3.02. The fourth-order valence-electron chi connectivity index (χ4n) is 4.84. The van der Waals surface area contributed by atoms with Gasteiger partial charge < -0.3 is 18.9 Å². The molecule has 2 aliphatic rings. The van der Waals surface area contributed by atoms with Gasteiger partial charge in [-0.1, -0.05) is 24.3 Å². The van der Waals surface area contributed by atoms with Crippen LogP contribution >= 0.6 is 0 Å². The lowest BCUT2D eigenvalue weighted by Crippen LogP contribution is -2.18. The molecule has 4 aromatic rings. The summed E-state index contributed by atoms with van der Waals surface area (Å²) in [6.45, 7) is 0.167. The van der Waals surface area contributed by atoms with Crippen molar-refractivity contribution in [1.82, 2.24) is 9.38 Å². The van der Waals surface area contributed by atoms with Gasteiger partial charge in [0.1, 0.15) is 5.65 Å². The summed E-state index contributed by atoms with van der Waals surface area (Å²) in [5.74, 6) is 2.67. The van der Waals surface area contributed by atoms with Crippen LogP contribution in [0, 0.1) is 0 Å². The first-order chi connectivity index (χ1) is 17.7. The molecule has 1 aliphatic heterocycles. The van der Waals surface area contributed by atoms with Crippen LogP contribution in [0.2, 0.25) is 0 Å². The van der Waals surface area contributed by atoms with Gasteiger partial charge in [0.2, 0.25) is 6.79 Å². The molecule has 0 radical (unpaired) electrons. The molecule has 182 valence electrons. The highest BCUT2D eigenvalue weighted by atomic mass is 16.7. The van der Waals surface area contributed by atoms with Gasteiger partial charge in [-0.15, -0.1) is 0 Å². The van der Waals surface area contributed by atoms with E-state index in [1.165, 1.54) is 12.8 Å². The first-order valence-electron chi connectivity index (χ1n) is 12.1. The van der Waals surface area contributed by atoms with E-state index in [-0.39, 0.29) is 18.5 Å². The summed E-state index contributed by atoms with van der Waals surface area (Å²) >= 11 is 0. The van der Waals surface area contributed by atoms with Crippen LogP contribution in [0.25, 0.3) is 28.9 Å². The highest BCUT2D eigenvalue weighted by Gasteiger charge is 2.21. The number of hydrogen-bond acceptors (Lipinski definition) is 6. The number of pyridine rings is 1. The van der Waals surface area contributed by atoms with Crippen molar-refractivity contribution in [2.45, 2.75) is 31.8 Å². The maximum absolute atomic E-state index is 13.6. The van der Waals surface area contributed by atoms with E-state index in [0.717, 1.165) is 18.4 Å². The molecule has 0 saturated heterocycles. The fraction of sp³-hybridized carbons (Fsp3) is 0.241. The van der Waals surface area contributed by atoms with E-state index >= 15 is 0 Å². The maximum Gasteiger partial charge on any atom is 0.266 e. The van der Waals surface area contributed by atoms with Crippen molar-refractivity contribution in [2.24, 2.45) is 0 Å². The van der Waals surface area contributed by atoms with Gasteiger partial charge in [-0.3, -0.25) is 9.20 Å². The summed E-state index contributed by atoms with van der Waals surface area (Å²) in [7, 11) is 1.65. The minimum Gasteiger partial charge on any atom is -0.493 e. The second-order valence-corrected chi connectivity index (χ2v) is 8.91. The molecule has 1 fully saturated rings. The summed E-state index contributed by atoms with van der Waals surface area (Å²) in [5, 5.41) is 0. The quantitative estimate of drug-likeness (QED) is 0.357. The molecule has 7 nitrogen and oxygen atoms in total. The summed E-state index contributed by atoms with van der Waals surface area (Å²) < 4.78 is 24.6. The summed E-state index contributed by atoms with van der Waals surface area (Å²) in [6, 6.07) is 16.8. The maximum atomic E-state index is 13.6. The lowest BCUT2D eigenvalue weighted by atomic mass is 10.0. The number of methoxy groups -OCH3 is 1. The molecule has 2 aromatic carbocycles. The van der Waals surface area contributed by atoms with Crippen molar-refractivity contribution in [3.8, 4) is 34.1 Å². The number of para-hydroxylation sites is 1. The van der Waals surface area contributed by atoms with E-state index in [4.69, 9.17) is 23.9 Å². The molecular formula is C29H26N2O5. The Morgan fingerprint density at radius 1 is 1.00 bits per heavy atom. The summed E-state index contributed by atoms with van der Waals surface area (Å²) in [4.78, 5) is 18.5. The van der Waals surface area contributed by atoms with Gasteiger partial charge in [0, 0.05) is 11.8 Å². The van der Waals surface area contributed by atoms with Crippen LogP contribution in [0.5, 0.6) is 23.0 Å². The average molecular weight is 483 g/mol. The Morgan fingerprint density at radius 2 is 1.86 bits per heavy atom. The number of aromatic nitrogens is 2. The number of benzene rings is 2. The van der Waals surface area contributed by atoms with Crippen LogP contribution in [0.1, 0.15) is 36.9 Å². The van der Waals surface area contributed by atoms with E-state index in [1.54, 1.807) is 17.7 Å². The van der Waals surface area contributed by atoms with Crippen LogP contribution in [0.4, 0.5) is 0 Å². The number of nitrogens with zero attached hydrogens (tertiary/aromatic N) is 2. The lowest BCUT2D eigenvalue weighted by Gasteiger charge is -2.18. The first-order valence-corrected chi connectivity index (χ1v) is 12.1. The minimum absolute atomic E-state index is 0.160. The number of rotatable bonds is 6. The van der Waals surface area contributed by atoms with Crippen LogP contribution in [0.15, 0.2) is 65.6 Å². The monoisotopic (exact) mass is 482 g/mol. The Kier molecular flexibility index (Phi) is 5.81. The van der Waals surface area contributed by atoms with Crippen molar-refractivity contribution in [3.05, 3.63) is 82.4 Å². The van der Waals surface area contributed by atoms with Gasteiger partial charge in [0.15, 0.2) is 23.0 Å². The second kappa shape index (κ2) is 9.41.